The third-order valence-corrected chi connectivity index (χ3v) is 11.3. The van der Waals surface area contributed by atoms with Gasteiger partial charge in [-0.1, -0.05) is 48.5 Å². The highest BCUT2D eigenvalue weighted by molar-refractivity contribution is 5.88. The number of methoxy groups -OCH3 is 2. The van der Waals surface area contributed by atoms with Crippen molar-refractivity contribution >= 4 is 24.0 Å². The highest BCUT2D eigenvalue weighted by Gasteiger charge is 2.51. The number of alkyl carbamates (subject to hydrolysis) is 2. The Bertz CT molecular complexity index is 2040. The number of aromatic amines is 2. The van der Waals surface area contributed by atoms with Gasteiger partial charge in [-0.3, -0.25) is 9.59 Å². The van der Waals surface area contributed by atoms with Crippen molar-refractivity contribution < 1.29 is 38.9 Å². The first-order valence-electron chi connectivity index (χ1n) is 19.0. The Morgan fingerprint density at radius 2 is 1.23 bits per heavy atom. The van der Waals surface area contributed by atoms with Gasteiger partial charge in [-0.15, -0.1) is 0 Å². The van der Waals surface area contributed by atoms with Gasteiger partial charge in [0, 0.05) is 12.6 Å². The number of aliphatic hydroxyl groups is 2. The Balaban J connectivity index is 1.02. The van der Waals surface area contributed by atoms with E-state index in [9.17, 15) is 29.4 Å². The number of nitrogens with one attached hydrogen (secondary N) is 4. The van der Waals surface area contributed by atoms with E-state index in [4.69, 9.17) is 9.72 Å². The molecule has 8 atom stereocenters. The Morgan fingerprint density at radius 3 is 1.77 bits per heavy atom. The molecule has 16 heteroatoms. The number of benzene rings is 2. The fourth-order valence-corrected chi connectivity index (χ4v) is 8.43. The number of aromatic nitrogens is 4. The molecule has 1 aliphatic carbocycles. The molecule has 16 nitrogen and oxygen atoms in total. The van der Waals surface area contributed by atoms with Gasteiger partial charge in [0.2, 0.25) is 11.8 Å². The number of hydrogen-bond acceptors (Lipinski definition) is 10. The standard InChI is InChI=1S/C40H48N8O8/c1-21(49)32(45-39(53)55-3)37(51)47-17-5-6-31(47)35-41-19-29(43-35)25-11-7-23(8-12-25)24-9-13-26(14-10-24)30-20-42-36(44-30)34-27-15-16-28(18-27)48(34)38(52)33(22(2)50)46-40(54)56-4/h7-14,19-22,27-28,31-34,49-50H,5-6,15-18H2,1-4H3,(H,41,43)(H,42,44)(H,45,53)(H,46,54)/t21-,22+,27-,28-,31-,32+,33-,34+/m0/s1. The number of rotatable bonds is 11. The van der Waals surface area contributed by atoms with E-state index in [1.165, 1.54) is 28.1 Å². The number of nitrogens with zero attached hydrogens (tertiary/aromatic N) is 4. The molecular formula is C40H48N8O8. The van der Waals surface area contributed by atoms with E-state index in [-0.39, 0.29) is 30.0 Å². The van der Waals surface area contributed by atoms with Crippen molar-refractivity contribution in [2.45, 2.75) is 88.4 Å². The Hall–Kier alpha value is -5.74. The number of H-pyrrole nitrogens is 2. The lowest BCUT2D eigenvalue weighted by atomic mass is 9.97. The first-order valence-corrected chi connectivity index (χ1v) is 19.0. The summed E-state index contributed by atoms with van der Waals surface area (Å²) in [4.78, 5) is 70.5. The van der Waals surface area contributed by atoms with Crippen LogP contribution in [0.4, 0.5) is 9.59 Å². The molecule has 4 amide bonds. The molecule has 4 aromatic rings. The molecule has 3 fully saturated rings. The lowest BCUT2D eigenvalue weighted by Crippen LogP contribution is -2.56. The van der Waals surface area contributed by atoms with Crippen molar-refractivity contribution in [3.05, 3.63) is 72.6 Å². The average molecular weight is 769 g/mol. The van der Waals surface area contributed by atoms with Gasteiger partial charge in [-0.05, 0) is 74.1 Å². The van der Waals surface area contributed by atoms with Crippen LogP contribution in [0.25, 0.3) is 33.6 Å². The van der Waals surface area contributed by atoms with Crippen molar-refractivity contribution in [3.8, 4) is 33.6 Å². The van der Waals surface area contributed by atoms with E-state index in [2.05, 4.69) is 30.3 Å². The first kappa shape index (κ1) is 38.5. The normalized spacial score (nSPS) is 22.3. The van der Waals surface area contributed by atoms with Crippen LogP contribution in [0.15, 0.2) is 60.9 Å². The molecule has 2 aliphatic heterocycles. The van der Waals surface area contributed by atoms with Gasteiger partial charge in [0.15, 0.2) is 0 Å². The number of fused-ring (bicyclic) bond motifs is 2. The molecule has 0 radical (unpaired) electrons. The average Bonchev–Trinajstić information content (AvgIpc) is 4.06. The first-order chi connectivity index (χ1) is 27.0. The number of carbonyl (C=O) groups is 4. The molecule has 0 unspecified atom stereocenters. The molecule has 7 rings (SSSR count). The van der Waals surface area contributed by atoms with E-state index in [0.717, 1.165) is 59.3 Å². The minimum Gasteiger partial charge on any atom is -0.453 e. The predicted molar refractivity (Wildman–Crippen MR) is 203 cm³/mol. The zero-order valence-electron chi connectivity index (χ0n) is 31.8. The number of hydrogen-bond donors (Lipinski definition) is 6. The van der Waals surface area contributed by atoms with Gasteiger partial charge in [0.25, 0.3) is 0 Å². The van der Waals surface area contributed by atoms with Gasteiger partial charge < -0.3 is 50.1 Å². The number of amides is 4. The lowest BCUT2D eigenvalue weighted by molar-refractivity contribution is -0.140. The second-order valence-electron chi connectivity index (χ2n) is 14.8. The monoisotopic (exact) mass is 768 g/mol. The molecule has 6 N–H and O–H groups in total. The van der Waals surface area contributed by atoms with Crippen LogP contribution in [0, 0.1) is 5.92 Å². The van der Waals surface area contributed by atoms with Crippen LogP contribution < -0.4 is 10.6 Å². The van der Waals surface area contributed by atoms with Crippen LogP contribution in [-0.4, -0.2) is 115 Å². The number of carbonyl (C=O) groups excluding carboxylic acids is 4. The summed E-state index contributed by atoms with van der Waals surface area (Å²) in [5.41, 5.74) is 5.51. The minimum absolute atomic E-state index is 0.00810. The molecular weight excluding hydrogens is 720 g/mol. The van der Waals surface area contributed by atoms with E-state index < -0.39 is 42.4 Å². The van der Waals surface area contributed by atoms with Gasteiger partial charge in [0.1, 0.15) is 23.7 Å². The summed E-state index contributed by atoms with van der Waals surface area (Å²) in [6.45, 7) is 3.40. The van der Waals surface area contributed by atoms with E-state index in [1.54, 1.807) is 22.2 Å². The number of piperidine rings is 1. The maximum atomic E-state index is 13.7. The smallest absolute Gasteiger partial charge is 0.407 e. The second kappa shape index (κ2) is 16.2. The summed E-state index contributed by atoms with van der Waals surface area (Å²) >= 11 is 0. The maximum absolute atomic E-state index is 13.7. The maximum Gasteiger partial charge on any atom is 0.407 e. The number of imidazole rings is 2. The van der Waals surface area contributed by atoms with Crippen molar-refractivity contribution in [2.24, 2.45) is 5.92 Å². The zero-order chi connectivity index (χ0) is 39.7. The highest BCUT2D eigenvalue weighted by Crippen LogP contribution is 2.50. The minimum atomic E-state index is -1.14. The molecule has 56 heavy (non-hydrogen) atoms. The van der Waals surface area contributed by atoms with Crippen LogP contribution in [0.2, 0.25) is 0 Å². The van der Waals surface area contributed by atoms with E-state index in [1.807, 2.05) is 48.5 Å². The molecule has 4 heterocycles. The molecule has 296 valence electrons. The second-order valence-corrected chi connectivity index (χ2v) is 14.8. The fraction of sp³-hybridized carbons (Fsp3) is 0.450. The fourth-order valence-electron chi connectivity index (χ4n) is 8.43. The highest BCUT2D eigenvalue weighted by atomic mass is 16.5. The lowest BCUT2D eigenvalue weighted by Gasteiger charge is -2.37. The quantitative estimate of drug-likeness (QED) is 0.129. The van der Waals surface area contributed by atoms with Crippen molar-refractivity contribution in [1.82, 2.24) is 40.4 Å². The Morgan fingerprint density at radius 1 is 0.732 bits per heavy atom. The van der Waals surface area contributed by atoms with Crippen LogP contribution in [0.1, 0.15) is 69.7 Å². The van der Waals surface area contributed by atoms with Crippen LogP contribution in [0.5, 0.6) is 0 Å². The topological polar surface area (TPSA) is 215 Å². The van der Waals surface area contributed by atoms with Gasteiger partial charge in [0.05, 0.1) is 62.3 Å². The SMILES string of the molecule is COC(=O)N[C@H](C(=O)N1[C@H]2CC[C@@H](C2)[C@@H]1c1ncc(-c2ccc(-c3ccc(-c4cnc([C@@H]5CCCN5C(=O)[C@H](NC(=O)OC)[C@H](C)O)[nH]4)cc3)cc2)[nH]1)[C@@H](C)O. The Kier molecular flexibility index (Phi) is 11.1. The van der Waals surface area contributed by atoms with E-state index >= 15 is 0 Å². The summed E-state index contributed by atoms with van der Waals surface area (Å²) < 4.78 is 9.34. The molecule has 2 saturated heterocycles. The largest absolute Gasteiger partial charge is 0.453 e. The van der Waals surface area contributed by atoms with Gasteiger partial charge in [-0.25, -0.2) is 19.6 Å². The summed E-state index contributed by atoms with van der Waals surface area (Å²) in [5.74, 6) is 0.785. The predicted octanol–water partition coefficient (Wildman–Crippen LogP) is 4.06. The summed E-state index contributed by atoms with van der Waals surface area (Å²) in [6.07, 6.45) is 3.86. The van der Waals surface area contributed by atoms with Gasteiger partial charge in [-0.2, -0.15) is 0 Å². The van der Waals surface area contributed by atoms with Gasteiger partial charge >= 0.3 is 12.2 Å². The van der Waals surface area contributed by atoms with Crippen molar-refractivity contribution in [3.63, 3.8) is 0 Å². The van der Waals surface area contributed by atoms with E-state index in [0.29, 0.717) is 24.6 Å². The van der Waals surface area contributed by atoms with Crippen molar-refractivity contribution in [2.75, 3.05) is 20.8 Å². The molecule has 2 aromatic carbocycles. The summed E-state index contributed by atoms with van der Waals surface area (Å²) in [5, 5.41) is 25.5. The molecule has 1 saturated carbocycles. The zero-order valence-corrected chi connectivity index (χ0v) is 31.8. The number of likely N-dealkylation sites (tertiary alicyclic amines) is 2. The Labute approximate surface area is 324 Å². The molecule has 0 spiro atoms. The molecule has 2 aromatic heterocycles. The third kappa shape index (κ3) is 7.58. The molecule has 3 aliphatic rings. The summed E-state index contributed by atoms with van der Waals surface area (Å²) in [6, 6.07) is 13.3. The van der Waals surface area contributed by atoms with Crippen LogP contribution in [0.3, 0.4) is 0 Å². The summed E-state index contributed by atoms with van der Waals surface area (Å²) in [7, 11) is 2.42. The third-order valence-electron chi connectivity index (χ3n) is 11.3. The molecule has 2 bridgehead atoms. The number of ether oxygens (including phenoxy) is 2. The van der Waals surface area contributed by atoms with Crippen molar-refractivity contribution in [1.29, 1.82) is 0 Å². The number of aliphatic hydroxyl groups excluding tert-OH is 2. The van der Waals surface area contributed by atoms with Crippen LogP contribution in [-0.2, 0) is 19.1 Å². The van der Waals surface area contributed by atoms with Crippen LogP contribution >= 0.6 is 0 Å².